The maximum Gasteiger partial charge on any atom is 0.145 e. The van der Waals surface area contributed by atoms with Crippen molar-refractivity contribution in [2.24, 2.45) is 11.8 Å². The van der Waals surface area contributed by atoms with E-state index < -0.39 is 0 Å². The summed E-state index contributed by atoms with van der Waals surface area (Å²) in [7, 11) is 0. The predicted molar refractivity (Wildman–Crippen MR) is 62.3 cm³/mol. The Morgan fingerprint density at radius 2 is 1.93 bits per heavy atom. The Morgan fingerprint density at radius 1 is 1.29 bits per heavy atom. The molecule has 0 N–H and O–H groups in total. The molecule has 0 rings (SSSR count). The maximum atomic E-state index is 10.8. The van der Waals surface area contributed by atoms with Crippen molar-refractivity contribution in [3.05, 3.63) is 11.6 Å². The Balaban J connectivity index is 4.20. The summed E-state index contributed by atoms with van der Waals surface area (Å²) in [5.41, 5.74) is 0.983. The van der Waals surface area contributed by atoms with Crippen LogP contribution in [0.2, 0.25) is 0 Å². The zero-order chi connectivity index (χ0) is 11.0. The molecule has 0 radical (unpaired) electrons. The van der Waals surface area contributed by atoms with Crippen molar-refractivity contribution in [1.82, 2.24) is 0 Å². The molecule has 2 unspecified atom stereocenters. The van der Waals surface area contributed by atoms with E-state index >= 15 is 0 Å². The SMILES string of the molecule is CCCCC(C)/C=C(\C=O)C(C)CC. The molecule has 0 fully saturated rings. The van der Waals surface area contributed by atoms with Crippen LogP contribution >= 0.6 is 0 Å². The highest BCUT2D eigenvalue weighted by molar-refractivity contribution is 5.73. The van der Waals surface area contributed by atoms with Gasteiger partial charge in [-0.3, -0.25) is 4.79 Å². The Morgan fingerprint density at radius 3 is 2.36 bits per heavy atom. The second-order valence-corrected chi connectivity index (χ2v) is 4.21. The van der Waals surface area contributed by atoms with Crippen molar-refractivity contribution in [2.45, 2.75) is 53.4 Å². The first kappa shape index (κ1) is 13.4. The first-order valence-corrected chi connectivity index (χ1v) is 5.82. The lowest BCUT2D eigenvalue weighted by atomic mass is 9.94. The van der Waals surface area contributed by atoms with Gasteiger partial charge in [0.1, 0.15) is 6.29 Å². The number of rotatable bonds is 7. The summed E-state index contributed by atoms with van der Waals surface area (Å²) in [6.07, 6.45) is 7.91. The summed E-state index contributed by atoms with van der Waals surface area (Å²) in [4.78, 5) is 10.8. The number of hydrogen-bond acceptors (Lipinski definition) is 1. The average Bonchev–Trinajstić information content (AvgIpc) is 2.21. The molecule has 1 heteroatoms. The maximum absolute atomic E-state index is 10.8. The van der Waals surface area contributed by atoms with Crippen molar-refractivity contribution in [2.75, 3.05) is 0 Å². The van der Waals surface area contributed by atoms with Crippen LogP contribution in [0.3, 0.4) is 0 Å². The first-order valence-electron chi connectivity index (χ1n) is 5.82. The van der Waals surface area contributed by atoms with Gasteiger partial charge in [-0.25, -0.2) is 0 Å². The third-order valence-electron chi connectivity index (χ3n) is 2.81. The summed E-state index contributed by atoms with van der Waals surface area (Å²) in [5, 5.41) is 0. The Kier molecular flexibility index (Phi) is 7.45. The molecule has 0 spiro atoms. The molecular formula is C13H24O. The van der Waals surface area contributed by atoms with Gasteiger partial charge in [-0.1, -0.05) is 46.6 Å². The predicted octanol–water partition coefficient (Wildman–Crippen LogP) is 3.98. The van der Waals surface area contributed by atoms with Gasteiger partial charge in [0, 0.05) is 0 Å². The van der Waals surface area contributed by atoms with Gasteiger partial charge in [0.05, 0.1) is 0 Å². The van der Waals surface area contributed by atoms with Crippen molar-refractivity contribution in [3.8, 4) is 0 Å². The van der Waals surface area contributed by atoms with Crippen molar-refractivity contribution in [3.63, 3.8) is 0 Å². The van der Waals surface area contributed by atoms with Crippen molar-refractivity contribution >= 4 is 6.29 Å². The Bertz CT molecular complexity index is 182. The normalized spacial score (nSPS) is 16.4. The van der Waals surface area contributed by atoms with Crippen LogP contribution in [0.5, 0.6) is 0 Å². The van der Waals surface area contributed by atoms with Crippen molar-refractivity contribution in [1.29, 1.82) is 0 Å². The quantitative estimate of drug-likeness (QED) is 0.444. The highest BCUT2D eigenvalue weighted by atomic mass is 16.1. The number of allylic oxidation sites excluding steroid dienone is 2. The zero-order valence-electron chi connectivity index (χ0n) is 10.0. The molecule has 0 saturated carbocycles. The van der Waals surface area contributed by atoms with E-state index in [-0.39, 0.29) is 0 Å². The van der Waals surface area contributed by atoms with E-state index in [1.54, 1.807) is 0 Å². The van der Waals surface area contributed by atoms with Gasteiger partial charge in [-0.2, -0.15) is 0 Å². The first-order chi connectivity index (χ1) is 6.65. The highest BCUT2D eigenvalue weighted by Crippen LogP contribution is 2.17. The van der Waals surface area contributed by atoms with Crippen LogP contribution in [-0.4, -0.2) is 6.29 Å². The summed E-state index contributed by atoms with van der Waals surface area (Å²) < 4.78 is 0. The van der Waals surface area contributed by atoms with Crippen LogP contribution in [0, 0.1) is 11.8 Å². The second kappa shape index (κ2) is 7.78. The fourth-order valence-corrected chi connectivity index (χ4v) is 1.49. The summed E-state index contributed by atoms with van der Waals surface area (Å²) in [5.74, 6) is 0.959. The third kappa shape index (κ3) is 5.21. The third-order valence-corrected chi connectivity index (χ3v) is 2.81. The fourth-order valence-electron chi connectivity index (χ4n) is 1.49. The molecule has 0 bridgehead atoms. The number of unbranched alkanes of at least 4 members (excludes halogenated alkanes) is 1. The van der Waals surface area contributed by atoms with Crippen LogP contribution < -0.4 is 0 Å². The Labute approximate surface area is 88.6 Å². The second-order valence-electron chi connectivity index (χ2n) is 4.21. The standard InChI is InChI=1S/C13H24O/c1-5-7-8-11(3)9-13(10-14)12(4)6-2/h9-12H,5-8H2,1-4H3/b13-9+. The van der Waals surface area contributed by atoms with E-state index in [1.807, 2.05) is 0 Å². The summed E-state index contributed by atoms with van der Waals surface area (Å²) in [6, 6.07) is 0. The van der Waals surface area contributed by atoms with E-state index in [9.17, 15) is 4.79 Å². The van der Waals surface area contributed by atoms with Gasteiger partial charge in [0.15, 0.2) is 0 Å². The molecule has 0 aromatic heterocycles. The van der Waals surface area contributed by atoms with E-state index in [2.05, 4.69) is 33.8 Å². The summed E-state index contributed by atoms with van der Waals surface area (Å²) in [6.45, 7) is 8.64. The number of carbonyl (C=O) groups excluding carboxylic acids is 1. The van der Waals surface area contributed by atoms with E-state index in [4.69, 9.17) is 0 Å². The Hall–Kier alpha value is -0.590. The van der Waals surface area contributed by atoms with E-state index in [1.165, 1.54) is 19.3 Å². The molecular weight excluding hydrogens is 172 g/mol. The number of aldehydes is 1. The van der Waals surface area contributed by atoms with Gasteiger partial charge < -0.3 is 0 Å². The zero-order valence-corrected chi connectivity index (χ0v) is 10.0. The molecule has 0 aliphatic carbocycles. The fraction of sp³-hybridized carbons (Fsp3) is 0.769. The lowest BCUT2D eigenvalue weighted by Crippen LogP contribution is -2.02. The number of hydrogen-bond donors (Lipinski definition) is 0. The largest absolute Gasteiger partial charge is 0.298 e. The minimum Gasteiger partial charge on any atom is -0.298 e. The van der Waals surface area contributed by atoms with Gasteiger partial charge >= 0.3 is 0 Å². The molecule has 0 amide bonds. The molecule has 1 nitrogen and oxygen atoms in total. The van der Waals surface area contributed by atoms with Gasteiger partial charge in [0.25, 0.3) is 0 Å². The van der Waals surface area contributed by atoms with Crippen LogP contribution in [0.4, 0.5) is 0 Å². The molecule has 0 aromatic rings. The molecule has 0 saturated heterocycles. The molecule has 2 atom stereocenters. The molecule has 0 heterocycles. The van der Waals surface area contributed by atoms with Gasteiger partial charge in [-0.15, -0.1) is 0 Å². The van der Waals surface area contributed by atoms with Gasteiger partial charge in [0.2, 0.25) is 0 Å². The molecule has 0 aliphatic heterocycles. The number of carbonyl (C=O) groups is 1. The topological polar surface area (TPSA) is 17.1 Å². The average molecular weight is 196 g/mol. The minimum absolute atomic E-state index is 0.413. The lowest BCUT2D eigenvalue weighted by molar-refractivity contribution is -0.105. The minimum atomic E-state index is 0.413. The summed E-state index contributed by atoms with van der Waals surface area (Å²) >= 11 is 0. The smallest absolute Gasteiger partial charge is 0.145 e. The van der Waals surface area contributed by atoms with Gasteiger partial charge in [-0.05, 0) is 30.3 Å². The monoisotopic (exact) mass is 196 g/mol. The van der Waals surface area contributed by atoms with Crippen LogP contribution in [0.1, 0.15) is 53.4 Å². The van der Waals surface area contributed by atoms with E-state index in [0.717, 1.165) is 18.3 Å². The van der Waals surface area contributed by atoms with E-state index in [0.29, 0.717) is 11.8 Å². The molecule has 82 valence electrons. The molecule has 0 aromatic carbocycles. The van der Waals surface area contributed by atoms with Crippen LogP contribution in [-0.2, 0) is 4.79 Å². The highest BCUT2D eigenvalue weighted by Gasteiger charge is 2.07. The molecule has 0 aliphatic rings. The molecule has 14 heavy (non-hydrogen) atoms. The van der Waals surface area contributed by atoms with Crippen LogP contribution in [0.15, 0.2) is 11.6 Å². The van der Waals surface area contributed by atoms with Crippen LogP contribution in [0.25, 0.3) is 0 Å². The lowest BCUT2D eigenvalue weighted by Gasteiger charge is -2.11. The van der Waals surface area contributed by atoms with Crippen molar-refractivity contribution < 1.29 is 4.79 Å².